The number of carbonyl (C=O) groups is 1. The number of para-hydroxylation sites is 1. The second-order valence-electron chi connectivity index (χ2n) is 4.28. The molecule has 0 aliphatic rings. The van der Waals surface area contributed by atoms with E-state index in [1.165, 1.54) is 0 Å². The van der Waals surface area contributed by atoms with Crippen molar-refractivity contribution in [1.82, 2.24) is 15.4 Å². The fourth-order valence-electron chi connectivity index (χ4n) is 1.79. The number of hydrogen-bond donors (Lipinski definition) is 2. The van der Waals surface area contributed by atoms with E-state index in [1.54, 1.807) is 19.1 Å². The van der Waals surface area contributed by atoms with Crippen LogP contribution in [0.5, 0.6) is 0 Å². The van der Waals surface area contributed by atoms with Crippen molar-refractivity contribution in [2.45, 2.75) is 6.61 Å². The number of amides is 1. The Kier molecular flexibility index (Phi) is 3.96. The maximum Gasteiger partial charge on any atom is 0.260 e. The van der Waals surface area contributed by atoms with Crippen LogP contribution in [-0.4, -0.2) is 36.6 Å². The van der Waals surface area contributed by atoms with Crippen LogP contribution in [0.25, 0.3) is 10.9 Å². The molecule has 0 bridgehead atoms. The van der Waals surface area contributed by atoms with Crippen LogP contribution in [0.15, 0.2) is 30.5 Å². The first kappa shape index (κ1) is 12.6. The topological polar surface area (TPSA) is 57.4 Å². The number of H-pyrrole nitrogens is 1. The van der Waals surface area contributed by atoms with Crippen molar-refractivity contribution in [1.29, 1.82) is 0 Å². The molecule has 5 heteroatoms. The molecular weight excluding hydrogens is 230 g/mol. The van der Waals surface area contributed by atoms with E-state index in [2.05, 4.69) is 10.4 Å². The minimum atomic E-state index is -0.153. The average molecular weight is 247 g/mol. The van der Waals surface area contributed by atoms with Gasteiger partial charge in [-0.05, 0) is 6.07 Å². The lowest BCUT2D eigenvalue weighted by Crippen LogP contribution is -2.38. The van der Waals surface area contributed by atoms with E-state index in [9.17, 15) is 4.79 Å². The zero-order valence-corrected chi connectivity index (χ0v) is 10.6. The van der Waals surface area contributed by atoms with Crippen molar-refractivity contribution < 1.29 is 9.53 Å². The third-order valence-corrected chi connectivity index (χ3v) is 2.51. The smallest absolute Gasteiger partial charge is 0.260 e. The van der Waals surface area contributed by atoms with Gasteiger partial charge in [0.2, 0.25) is 0 Å². The number of ether oxygens (including phenoxy) is 1. The molecule has 0 aliphatic carbocycles. The lowest BCUT2D eigenvalue weighted by atomic mass is 10.2. The predicted octanol–water partition coefficient (Wildman–Crippen LogP) is 1.28. The Hall–Kier alpha value is -1.85. The number of rotatable bonds is 5. The third-order valence-electron chi connectivity index (χ3n) is 2.51. The highest BCUT2D eigenvalue weighted by Crippen LogP contribution is 2.18. The second kappa shape index (κ2) is 5.66. The molecule has 0 saturated carbocycles. The summed E-state index contributed by atoms with van der Waals surface area (Å²) in [4.78, 5) is 14.5. The van der Waals surface area contributed by atoms with Gasteiger partial charge in [0.1, 0.15) is 6.61 Å². The molecule has 1 amide bonds. The first-order valence-corrected chi connectivity index (χ1v) is 5.76. The fraction of sp³-hybridized carbons (Fsp3) is 0.308. The van der Waals surface area contributed by atoms with E-state index in [1.807, 2.05) is 30.5 Å². The first-order chi connectivity index (χ1) is 8.66. The standard InChI is InChI=1S/C13H17N3O2/c1-16(2)15-13(17)9-18-8-10-7-14-12-6-4-3-5-11(10)12/h3-7,14H,8-9H2,1-2H3,(H,15,17). The molecule has 0 atom stereocenters. The highest BCUT2D eigenvalue weighted by Gasteiger charge is 2.05. The zero-order chi connectivity index (χ0) is 13.0. The maximum atomic E-state index is 11.4. The summed E-state index contributed by atoms with van der Waals surface area (Å²) in [5.41, 5.74) is 4.76. The number of aromatic amines is 1. The first-order valence-electron chi connectivity index (χ1n) is 5.76. The molecule has 0 unspecified atom stereocenters. The van der Waals surface area contributed by atoms with E-state index < -0.39 is 0 Å². The van der Waals surface area contributed by atoms with Crippen molar-refractivity contribution in [2.75, 3.05) is 20.7 Å². The Bertz CT molecular complexity index is 534. The van der Waals surface area contributed by atoms with Gasteiger partial charge in [-0.25, -0.2) is 5.01 Å². The molecule has 18 heavy (non-hydrogen) atoms. The number of hydrogen-bond acceptors (Lipinski definition) is 3. The molecule has 0 fully saturated rings. The highest BCUT2D eigenvalue weighted by molar-refractivity contribution is 5.83. The minimum absolute atomic E-state index is 0.0533. The van der Waals surface area contributed by atoms with Gasteiger partial charge in [-0.3, -0.25) is 10.2 Å². The molecule has 0 radical (unpaired) electrons. The summed E-state index contributed by atoms with van der Waals surface area (Å²) in [5.74, 6) is -0.153. The molecule has 5 nitrogen and oxygen atoms in total. The third kappa shape index (κ3) is 3.09. The summed E-state index contributed by atoms with van der Waals surface area (Å²) in [6.07, 6.45) is 1.91. The molecule has 2 aromatic rings. The molecule has 1 aromatic carbocycles. The molecule has 1 heterocycles. The van der Waals surface area contributed by atoms with Crippen LogP contribution in [0.2, 0.25) is 0 Å². The van der Waals surface area contributed by atoms with E-state index >= 15 is 0 Å². The number of nitrogens with one attached hydrogen (secondary N) is 2. The van der Waals surface area contributed by atoms with Gasteiger partial charge < -0.3 is 9.72 Å². The van der Waals surface area contributed by atoms with Crippen molar-refractivity contribution in [3.05, 3.63) is 36.0 Å². The van der Waals surface area contributed by atoms with Gasteiger partial charge in [-0.2, -0.15) is 0 Å². The summed E-state index contributed by atoms with van der Waals surface area (Å²) in [6.45, 7) is 0.475. The monoisotopic (exact) mass is 247 g/mol. The Labute approximate surface area is 106 Å². The SMILES string of the molecule is CN(C)NC(=O)COCc1c[nH]c2ccccc12. The van der Waals surface area contributed by atoms with Crippen molar-refractivity contribution in [3.8, 4) is 0 Å². The van der Waals surface area contributed by atoms with E-state index in [0.29, 0.717) is 6.61 Å². The van der Waals surface area contributed by atoms with Crippen LogP contribution in [0, 0.1) is 0 Å². The minimum Gasteiger partial charge on any atom is -0.367 e. The number of aromatic nitrogens is 1. The average Bonchev–Trinajstić information content (AvgIpc) is 2.72. The second-order valence-corrected chi connectivity index (χ2v) is 4.28. The van der Waals surface area contributed by atoms with Crippen LogP contribution >= 0.6 is 0 Å². The molecule has 0 spiro atoms. The summed E-state index contributed by atoms with van der Waals surface area (Å²) in [5, 5.41) is 2.72. The molecule has 0 aliphatic heterocycles. The largest absolute Gasteiger partial charge is 0.367 e. The lowest BCUT2D eigenvalue weighted by Gasteiger charge is -2.11. The number of fused-ring (bicyclic) bond motifs is 1. The van der Waals surface area contributed by atoms with E-state index in [4.69, 9.17) is 4.74 Å². The van der Waals surface area contributed by atoms with Gasteiger partial charge >= 0.3 is 0 Å². The van der Waals surface area contributed by atoms with Gasteiger partial charge in [-0.1, -0.05) is 18.2 Å². The van der Waals surface area contributed by atoms with Crippen LogP contribution in [0.4, 0.5) is 0 Å². The van der Waals surface area contributed by atoms with Crippen LogP contribution in [-0.2, 0) is 16.1 Å². The molecule has 2 rings (SSSR count). The van der Waals surface area contributed by atoms with Gasteiger partial charge in [0, 0.05) is 36.8 Å². The lowest BCUT2D eigenvalue weighted by molar-refractivity contribution is -0.129. The Morgan fingerprint density at radius 3 is 2.94 bits per heavy atom. The summed E-state index contributed by atoms with van der Waals surface area (Å²) in [7, 11) is 3.52. The summed E-state index contributed by atoms with van der Waals surface area (Å²) in [6, 6.07) is 8.01. The molecule has 96 valence electrons. The van der Waals surface area contributed by atoms with Crippen LogP contribution in [0.3, 0.4) is 0 Å². The van der Waals surface area contributed by atoms with Gasteiger partial charge in [0.15, 0.2) is 0 Å². The Balaban J connectivity index is 1.89. The van der Waals surface area contributed by atoms with Crippen molar-refractivity contribution in [2.24, 2.45) is 0 Å². The predicted molar refractivity (Wildman–Crippen MR) is 69.8 cm³/mol. The summed E-state index contributed by atoms with van der Waals surface area (Å²) >= 11 is 0. The number of nitrogens with zero attached hydrogens (tertiary/aromatic N) is 1. The normalized spacial score (nSPS) is 11.1. The molecule has 1 aromatic heterocycles. The summed E-state index contributed by atoms with van der Waals surface area (Å²) < 4.78 is 5.39. The Morgan fingerprint density at radius 1 is 1.39 bits per heavy atom. The van der Waals surface area contributed by atoms with Crippen LogP contribution < -0.4 is 5.43 Å². The molecule has 2 N–H and O–H groups in total. The number of carbonyl (C=O) groups excluding carboxylic acids is 1. The van der Waals surface area contributed by atoms with Crippen molar-refractivity contribution in [3.63, 3.8) is 0 Å². The quantitative estimate of drug-likeness (QED) is 0.782. The fourth-order valence-corrected chi connectivity index (χ4v) is 1.79. The highest BCUT2D eigenvalue weighted by atomic mass is 16.5. The van der Waals surface area contributed by atoms with E-state index in [0.717, 1.165) is 16.5 Å². The maximum absolute atomic E-state index is 11.4. The van der Waals surface area contributed by atoms with Crippen molar-refractivity contribution >= 4 is 16.8 Å². The van der Waals surface area contributed by atoms with E-state index in [-0.39, 0.29) is 12.5 Å². The zero-order valence-electron chi connectivity index (χ0n) is 10.6. The molecular formula is C13H17N3O2. The van der Waals surface area contributed by atoms with Gasteiger partial charge in [0.25, 0.3) is 5.91 Å². The number of benzene rings is 1. The Morgan fingerprint density at radius 2 is 2.17 bits per heavy atom. The van der Waals surface area contributed by atoms with Crippen LogP contribution in [0.1, 0.15) is 5.56 Å². The van der Waals surface area contributed by atoms with Gasteiger partial charge in [-0.15, -0.1) is 0 Å². The number of hydrazine groups is 1. The van der Waals surface area contributed by atoms with Gasteiger partial charge in [0.05, 0.1) is 6.61 Å². The molecule has 0 saturated heterocycles.